The fourth-order valence-electron chi connectivity index (χ4n) is 2.36. The van der Waals surface area contributed by atoms with E-state index in [1.54, 1.807) is 35.2 Å². The summed E-state index contributed by atoms with van der Waals surface area (Å²) in [6.07, 6.45) is 3.00. The van der Waals surface area contributed by atoms with Gasteiger partial charge in [-0.15, -0.1) is 0 Å². The van der Waals surface area contributed by atoms with Crippen LogP contribution in [0.1, 0.15) is 5.56 Å². The smallest absolute Gasteiger partial charge is 0.341 e. The van der Waals surface area contributed by atoms with E-state index in [1.807, 2.05) is 24.3 Å². The van der Waals surface area contributed by atoms with Crippen LogP contribution in [0.2, 0.25) is 0 Å². The number of carbonyl (C=O) groups is 2. The van der Waals surface area contributed by atoms with Gasteiger partial charge in [0.1, 0.15) is 12.3 Å². The molecule has 8 heteroatoms. The maximum atomic E-state index is 12.1. The minimum absolute atomic E-state index is 0.0784. The molecule has 1 aromatic heterocycles. The highest BCUT2D eigenvalue weighted by Gasteiger charge is 2.07. The molecule has 132 valence electrons. The third kappa shape index (κ3) is 4.23. The van der Waals surface area contributed by atoms with Crippen LogP contribution in [0, 0.1) is 0 Å². The van der Waals surface area contributed by atoms with Crippen molar-refractivity contribution >= 4 is 29.1 Å². The number of fused-ring (bicyclic) bond motifs is 1. The summed E-state index contributed by atoms with van der Waals surface area (Å²) >= 11 is 0. The summed E-state index contributed by atoms with van der Waals surface area (Å²) in [5.41, 5.74) is 4.67. The lowest BCUT2D eigenvalue weighted by molar-refractivity contribution is -0.139. The zero-order chi connectivity index (χ0) is 18.4. The molecule has 0 atom stereocenters. The molecule has 2 N–H and O–H groups in total. The van der Waals surface area contributed by atoms with Gasteiger partial charge >= 0.3 is 5.97 Å². The van der Waals surface area contributed by atoms with Gasteiger partial charge < -0.3 is 14.4 Å². The second kappa shape index (κ2) is 7.93. The van der Waals surface area contributed by atoms with Crippen molar-refractivity contribution < 1.29 is 19.4 Å². The lowest BCUT2D eigenvalue weighted by atomic mass is 10.2. The number of carboxylic acids is 1. The van der Waals surface area contributed by atoms with Crippen molar-refractivity contribution in [3.8, 4) is 5.75 Å². The van der Waals surface area contributed by atoms with Crippen LogP contribution in [0.5, 0.6) is 5.75 Å². The highest BCUT2D eigenvalue weighted by atomic mass is 16.5. The van der Waals surface area contributed by atoms with Crippen molar-refractivity contribution in [1.29, 1.82) is 0 Å². The van der Waals surface area contributed by atoms with E-state index in [1.165, 1.54) is 6.21 Å². The Labute approximate surface area is 148 Å². The summed E-state index contributed by atoms with van der Waals surface area (Å²) in [6, 6.07) is 14.3. The number of hydrogen-bond donors (Lipinski definition) is 2. The van der Waals surface area contributed by atoms with Gasteiger partial charge in [0.15, 0.2) is 6.61 Å². The lowest BCUT2D eigenvalue weighted by Gasteiger charge is -2.06. The normalized spacial score (nSPS) is 10.9. The summed E-state index contributed by atoms with van der Waals surface area (Å²) < 4.78 is 6.90. The van der Waals surface area contributed by atoms with Gasteiger partial charge in [-0.3, -0.25) is 4.79 Å². The molecule has 3 aromatic rings. The number of para-hydroxylation sites is 3. The quantitative estimate of drug-likeness (QED) is 0.497. The second-order valence-corrected chi connectivity index (χ2v) is 5.37. The zero-order valence-corrected chi connectivity index (χ0v) is 13.7. The molecule has 2 aromatic carbocycles. The Morgan fingerprint density at radius 3 is 2.81 bits per heavy atom. The Morgan fingerprint density at radius 2 is 1.96 bits per heavy atom. The Bertz CT molecular complexity index is 964. The van der Waals surface area contributed by atoms with Crippen LogP contribution in [0.25, 0.3) is 11.0 Å². The summed E-state index contributed by atoms with van der Waals surface area (Å²) in [5, 5.41) is 12.6. The van der Waals surface area contributed by atoms with Crippen LogP contribution in [0.4, 0.5) is 0 Å². The number of ether oxygens (including phenoxy) is 1. The summed E-state index contributed by atoms with van der Waals surface area (Å²) in [4.78, 5) is 26.9. The lowest BCUT2D eigenvalue weighted by Crippen LogP contribution is -2.22. The van der Waals surface area contributed by atoms with Crippen molar-refractivity contribution in [2.45, 2.75) is 6.54 Å². The van der Waals surface area contributed by atoms with Crippen LogP contribution < -0.4 is 10.2 Å². The van der Waals surface area contributed by atoms with Gasteiger partial charge in [-0.1, -0.05) is 24.3 Å². The molecule has 0 bridgehead atoms. The number of aromatic nitrogens is 2. The number of benzene rings is 2. The first-order valence-electron chi connectivity index (χ1n) is 7.79. The molecular weight excluding hydrogens is 336 g/mol. The number of rotatable bonds is 7. The topological polar surface area (TPSA) is 106 Å². The Morgan fingerprint density at radius 1 is 1.19 bits per heavy atom. The number of nitrogens with one attached hydrogen (secondary N) is 1. The van der Waals surface area contributed by atoms with Crippen molar-refractivity contribution in [1.82, 2.24) is 15.0 Å². The first kappa shape index (κ1) is 17.2. The van der Waals surface area contributed by atoms with E-state index in [0.717, 1.165) is 11.0 Å². The third-order valence-corrected chi connectivity index (χ3v) is 3.50. The van der Waals surface area contributed by atoms with Gasteiger partial charge in [-0.2, -0.15) is 5.10 Å². The Balaban J connectivity index is 1.62. The van der Waals surface area contributed by atoms with Crippen LogP contribution >= 0.6 is 0 Å². The fourth-order valence-corrected chi connectivity index (χ4v) is 2.36. The molecule has 0 saturated carbocycles. The van der Waals surface area contributed by atoms with E-state index in [4.69, 9.17) is 9.84 Å². The summed E-state index contributed by atoms with van der Waals surface area (Å²) in [7, 11) is 0. The van der Waals surface area contributed by atoms with Crippen molar-refractivity contribution in [3.63, 3.8) is 0 Å². The van der Waals surface area contributed by atoms with E-state index in [2.05, 4.69) is 15.5 Å². The van der Waals surface area contributed by atoms with E-state index in [0.29, 0.717) is 11.3 Å². The number of hydrazone groups is 1. The largest absolute Gasteiger partial charge is 0.481 e. The van der Waals surface area contributed by atoms with E-state index >= 15 is 0 Å². The number of amides is 1. The Hall–Kier alpha value is -3.68. The molecule has 0 saturated heterocycles. The average Bonchev–Trinajstić information content (AvgIpc) is 3.04. The van der Waals surface area contributed by atoms with Gasteiger partial charge in [-0.25, -0.2) is 15.2 Å². The minimum atomic E-state index is -1.07. The molecule has 0 aliphatic carbocycles. The maximum absolute atomic E-state index is 12.1. The van der Waals surface area contributed by atoms with Crippen LogP contribution in [0.15, 0.2) is 60.0 Å². The van der Waals surface area contributed by atoms with Crippen molar-refractivity contribution in [3.05, 3.63) is 60.4 Å². The van der Waals surface area contributed by atoms with Gasteiger partial charge in [0.2, 0.25) is 0 Å². The van der Waals surface area contributed by atoms with Crippen LogP contribution in [-0.2, 0) is 16.1 Å². The van der Waals surface area contributed by atoms with Crippen molar-refractivity contribution in [2.24, 2.45) is 5.10 Å². The number of aliphatic carboxylic acids is 1. The summed E-state index contributed by atoms with van der Waals surface area (Å²) in [6.45, 7) is -0.375. The molecule has 8 nitrogen and oxygen atoms in total. The molecule has 0 fully saturated rings. The molecule has 1 amide bonds. The molecule has 0 aliphatic rings. The predicted molar refractivity (Wildman–Crippen MR) is 95.0 cm³/mol. The number of hydrogen-bond acceptors (Lipinski definition) is 5. The van der Waals surface area contributed by atoms with E-state index in [9.17, 15) is 9.59 Å². The minimum Gasteiger partial charge on any atom is -0.481 e. The van der Waals surface area contributed by atoms with Crippen LogP contribution in [-0.4, -0.2) is 39.4 Å². The number of carboxylic acid groups (broad SMARTS) is 1. The molecule has 0 aliphatic heterocycles. The fraction of sp³-hybridized carbons (Fsp3) is 0.111. The van der Waals surface area contributed by atoms with Crippen molar-refractivity contribution in [2.75, 3.05) is 6.61 Å². The highest BCUT2D eigenvalue weighted by Crippen LogP contribution is 2.15. The zero-order valence-electron chi connectivity index (χ0n) is 13.7. The molecule has 1 heterocycles. The van der Waals surface area contributed by atoms with E-state index < -0.39 is 12.6 Å². The monoisotopic (exact) mass is 352 g/mol. The first-order valence-corrected chi connectivity index (χ1v) is 7.79. The second-order valence-electron chi connectivity index (χ2n) is 5.37. The maximum Gasteiger partial charge on any atom is 0.341 e. The molecule has 0 radical (unpaired) electrons. The Kier molecular flexibility index (Phi) is 5.23. The van der Waals surface area contributed by atoms with Gasteiger partial charge in [-0.05, 0) is 24.3 Å². The van der Waals surface area contributed by atoms with E-state index in [-0.39, 0.29) is 12.5 Å². The van der Waals surface area contributed by atoms with Gasteiger partial charge in [0, 0.05) is 5.56 Å². The first-order chi connectivity index (χ1) is 12.6. The molecule has 0 unspecified atom stereocenters. The third-order valence-electron chi connectivity index (χ3n) is 3.50. The van der Waals surface area contributed by atoms with Crippen LogP contribution in [0.3, 0.4) is 0 Å². The SMILES string of the molecule is O=C(O)COc1ccccc1/C=N\NC(=O)Cn1cnc2ccccc21. The predicted octanol–water partition coefficient (Wildman–Crippen LogP) is 1.65. The van der Waals surface area contributed by atoms with Gasteiger partial charge in [0.05, 0.1) is 23.6 Å². The molecular formula is C18H16N4O4. The average molecular weight is 352 g/mol. The number of nitrogens with zero attached hydrogens (tertiary/aromatic N) is 3. The van der Waals surface area contributed by atoms with Gasteiger partial charge in [0.25, 0.3) is 5.91 Å². The summed E-state index contributed by atoms with van der Waals surface area (Å²) in [5.74, 6) is -1.01. The number of carbonyl (C=O) groups excluding carboxylic acids is 1. The standard InChI is InChI=1S/C18H16N4O4/c23-17(10-22-12-19-14-6-2-3-7-15(14)22)21-20-9-13-5-1-4-8-16(13)26-11-18(24)25/h1-9,12H,10-11H2,(H,21,23)(H,24,25)/b20-9-. The molecule has 3 rings (SSSR count). The highest BCUT2D eigenvalue weighted by molar-refractivity contribution is 5.86. The number of imidazole rings is 1. The molecule has 26 heavy (non-hydrogen) atoms. The molecule has 0 spiro atoms.